The minimum absolute atomic E-state index is 0.0457. The van der Waals surface area contributed by atoms with Crippen LogP contribution >= 0.6 is 11.8 Å². The minimum atomic E-state index is -0.516. The Morgan fingerprint density at radius 2 is 1.77 bits per heavy atom. The summed E-state index contributed by atoms with van der Waals surface area (Å²) in [7, 11) is 0. The topological polar surface area (TPSA) is 146 Å². The second-order valence-corrected chi connectivity index (χ2v) is 6.94. The van der Waals surface area contributed by atoms with E-state index < -0.39 is 9.85 Å². The van der Waals surface area contributed by atoms with Crippen LogP contribution in [0.3, 0.4) is 0 Å². The molecule has 0 fully saturated rings. The molecule has 0 radical (unpaired) electrons. The molecular formula is C18H16N6O5S. The largest absolute Gasteiger partial charge is 0.325 e. The Kier molecular flexibility index (Phi) is 6.37. The molecule has 1 N–H and O–H groups in total. The van der Waals surface area contributed by atoms with E-state index in [0.717, 1.165) is 0 Å². The Morgan fingerprint density at radius 1 is 1.07 bits per heavy atom. The first-order valence-electron chi connectivity index (χ1n) is 8.74. The summed E-state index contributed by atoms with van der Waals surface area (Å²) in [4.78, 5) is 32.9. The van der Waals surface area contributed by atoms with Gasteiger partial charge in [0.2, 0.25) is 5.91 Å². The molecule has 30 heavy (non-hydrogen) atoms. The van der Waals surface area contributed by atoms with E-state index in [9.17, 15) is 25.0 Å². The smallest absolute Gasteiger partial charge is 0.270 e. The lowest BCUT2D eigenvalue weighted by atomic mass is 10.2. The third-order valence-electron chi connectivity index (χ3n) is 4.04. The molecule has 0 aliphatic carbocycles. The Balaban J connectivity index is 1.68. The fourth-order valence-corrected chi connectivity index (χ4v) is 3.45. The number of hydrogen-bond donors (Lipinski definition) is 1. The second kappa shape index (κ2) is 9.13. The second-order valence-electron chi connectivity index (χ2n) is 6.00. The van der Waals surface area contributed by atoms with E-state index in [1.54, 1.807) is 16.7 Å². The number of nitro groups is 2. The maximum absolute atomic E-state index is 12.2. The average molecular weight is 428 g/mol. The maximum Gasteiger partial charge on any atom is 0.270 e. The number of carbonyl (C=O) groups is 1. The summed E-state index contributed by atoms with van der Waals surface area (Å²) in [6.45, 7) is 2.39. The Bertz CT molecular complexity index is 1100. The molecule has 0 spiro atoms. The van der Waals surface area contributed by atoms with Gasteiger partial charge in [-0.2, -0.15) is 0 Å². The summed E-state index contributed by atoms with van der Waals surface area (Å²) in [5.74, 6) is 0.209. The van der Waals surface area contributed by atoms with Gasteiger partial charge in [-0.1, -0.05) is 23.9 Å². The van der Waals surface area contributed by atoms with Crippen molar-refractivity contribution in [1.82, 2.24) is 14.8 Å². The average Bonchev–Trinajstić information content (AvgIpc) is 3.15. The van der Waals surface area contributed by atoms with Crippen molar-refractivity contribution in [2.75, 3.05) is 11.1 Å². The Hall–Kier alpha value is -3.80. The molecule has 0 aliphatic rings. The van der Waals surface area contributed by atoms with Crippen molar-refractivity contribution in [3.63, 3.8) is 0 Å². The molecule has 0 saturated heterocycles. The minimum Gasteiger partial charge on any atom is -0.325 e. The molecule has 11 nitrogen and oxygen atoms in total. The predicted octanol–water partition coefficient (Wildman–Crippen LogP) is 3.51. The molecular weight excluding hydrogens is 412 g/mol. The zero-order valence-electron chi connectivity index (χ0n) is 15.7. The number of anilines is 1. The van der Waals surface area contributed by atoms with Gasteiger partial charge in [-0.05, 0) is 19.1 Å². The number of amides is 1. The molecule has 1 amide bonds. The van der Waals surface area contributed by atoms with E-state index in [4.69, 9.17) is 0 Å². The van der Waals surface area contributed by atoms with Crippen molar-refractivity contribution in [2.24, 2.45) is 0 Å². The van der Waals surface area contributed by atoms with Gasteiger partial charge in [-0.15, -0.1) is 10.2 Å². The zero-order chi connectivity index (χ0) is 21.7. The van der Waals surface area contributed by atoms with E-state index in [1.165, 1.54) is 48.2 Å². The molecule has 154 valence electrons. The summed E-state index contributed by atoms with van der Waals surface area (Å²) >= 11 is 1.17. The lowest BCUT2D eigenvalue weighted by molar-refractivity contribution is -0.385. The normalized spacial score (nSPS) is 10.6. The fraction of sp³-hybridized carbons (Fsp3) is 0.167. The summed E-state index contributed by atoms with van der Waals surface area (Å²) in [6, 6.07) is 11.6. The predicted molar refractivity (Wildman–Crippen MR) is 110 cm³/mol. The molecule has 3 rings (SSSR count). The molecule has 2 aromatic carbocycles. The van der Waals surface area contributed by atoms with Crippen molar-refractivity contribution in [1.29, 1.82) is 0 Å². The van der Waals surface area contributed by atoms with Gasteiger partial charge in [0, 0.05) is 42.1 Å². The van der Waals surface area contributed by atoms with Crippen molar-refractivity contribution in [2.45, 2.75) is 18.6 Å². The fourth-order valence-electron chi connectivity index (χ4n) is 2.65. The summed E-state index contributed by atoms with van der Waals surface area (Å²) in [5, 5.41) is 33.1. The quantitative estimate of drug-likeness (QED) is 0.326. The third-order valence-corrected chi connectivity index (χ3v) is 5.01. The van der Waals surface area contributed by atoms with Crippen molar-refractivity contribution in [3.05, 3.63) is 68.8 Å². The van der Waals surface area contributed by atoms with E-state index in [1.807, 2.05) is 6.92 Å². The molecule has 0 atom stereocenters. The number of thioether (sulfide) groups is 1. The van der Waals surface area contributed by atoms with Gasteiger partial charge in [0.15, 0.2) is 11.0 Å². The summed E-state index contributed by atoms with van der Waals surface area (Å²) in [5.41, 5.74) is 0.892. The lowest BCUT2D eigenvalue weighted by Gasteiger charge is -2.08. The van der Waals surface area contributed by atoms with E-state index in [-0.39, 0.29) is 23.0 Å². The van der Waals surface area contributed by atoms with E-state index >= 15 is 0 Å². The first-order valence-corrected chi connectivity index (χ1v) is 9.72. The highest BCUT2D eigenvalue weighted by Gasteiger charge is 2.17. The molecule has 0 saturated carbocycles. The number of aromatic nitrogens is 3. The monoisotopic (exact) mass is 428 g/mol. The number of rotatable bonds is 8. The zero-order valence-corrected chi connectivity index (χ0v) is 16.5. The molecule has 0 unspecified atom stereocenters. The standard InChI is InChI=1S/C18H16N6O5S/c1-2-22-17(12-4-3-5-15(10-12)24(28)29)20-21-18(22)30-11-16(25)19-13-6-8-14(9-7-13)23(26)27/h3-10H,2,11H2,1H3,(H,19,25). The summed E-state index contributed by atoms with van der Waals surface area (Å²) in [6.07, 6.45) is 0. The maximum atomic E-state index is 12.2. The molecule has 0 aliphatic heterocycles. The summed E-state index contributed by atoms with van der Waals surface area (Å²) < 4.78 is 1.77. The highest BCUT2D eigenvalue weighted by atomic mass is 32.2. The van der Waals surface area contributed by atoms with Crippen molar-refractivity contribution in [3.8, 4) is 11.4 Å². The van der Waals surface area contributed by atoms with E-state index in [0.29, 0.717) is 28.8 Å². The number of nitrogens with zero attached hydrogens (tertiary/aromatic N) is 5. The highest BCUT2D eigenvalue weighted by molar-refractivity contribution is 7.99. The Labute approximate surface area is 174 Å². The van der Waals surface area contributed by atoms with Gasteiger partial charge in [0.25, 0.3) is 11.4 Å². The number of nitro benzene ring substituents is 2. The molecule has 12 heteroatoms. The number of nitrogens with one attached hydrogen (secondary N) is 1. The third kappa shape index (κ3) is 4.78. The highest BCUT2D eigenvalue weighted by Crippen LogP contribution is 2.26. The molecule has 1 aromatic heterocycles. The van der Waals surface area contributed by atoms with Gasteiger partial charge in [-0.25, -0.2) is 0 Å². The molecule has 3 aromatic rings. The van der Waals surface area contributed by atoms with Crippen molar-refractivity contribution >= 4 is 34.7 Å². The number of non-ortho nitro benzene ring substituents is 2. The van der Waals surface area contributed by atoms with Crippen molar-refractivity contribution < 1.29 is 14.6 Å². The first-order chi connectivity index (χ1) is 14.4. The van der Waals surface area contributed by atoms with Gasteiger partial charge in [0.05, 0.1) is 15.6 Å². The van der Waals surface area contributed by atoms with E-state index in [2.05, 4.69) is 15.5 Å². The van der Waals surface area contributed by atoms with Crippen LogP contribution in [0.4, 0.5) is 17.1 Å². The van der Waals surface area contributed by atoms with Crippen LogP contribution < -0.4 is 5.32 Å². The van der Waals surface area contributed by atoms with Crippen LogP contribution in [0.25, 0.3) is 11.4 Å². The van der Waals surface area contributed by atoms with Gasteiger partial charge in [0.1, 0.15) is 0 Å². The Morgan fingerprint density at radius 3 is 2.40 bits per heavy atom. The van der Waals surface area contributed by atoms with Gasteiger partial charge in [-0.3, -0.25) is 25.0 Å². The lowest BCUT2D eigenvalue weighted by Crippen LogP contribution is -2.14. The van der Waals surface area contributed by atoms with Gasteiger partial charge >= 0.3 is 0 Å². The number of carbonyl (C=O) groups excluding carboxylic acids is 1. The molecule has 0 bridgehead atoms. The van der Waals surface area contributed by atoms with Crippen LogP contribution in [0.15, 0.2) is 53.7 Å². The van der Waals surface area contributed by atoms with Gasteiger partial charge < -0.3 is 9.88 Å². The number of benzene rings is 2. The van der Waals surface area contributed by atoms with Crippen LogP contribution in [-0.2, 0) is 11.3 Å². The van der Waals surface area contributed by atoms with Crippen LogP contribution in [-0.4, -0.2) is 36.3 Å². The number of hydrogen-bond acceptors (Lipinski definition) is 8. The van der Waals surface area contributed by atoms with Crippen LogP contribution in [0.2, 0.25) is 0 Å². The SMILES string of the molecule is CCn1c(SCC(=O)Nc2ccc([N+](=O)[O-])cc2)nnc1-c1cccc([N+](=O)[O-])c1. The first kappa shape index (κ1) is 20.9. The van der Waals surface area contributed by atoms with Crippen LogP contribution in [0.1, 0.15) is 6.92 Å². The van der Waals surface area contributed by atoms with Crippen LogP contribution in [0, 0.1) is 20.2 Å². The van der Waals surface area contributed by atoms with Crippen LogP contribution in [0.5, 0.6) is 0 Å². The molecule has 1 heterocycles.